The van der Waals surface area contributed by atoms with Crippen molar-refractivity contribution in [2.75, 3.05) is 0 Å². The molecule has 1 amide bonds. The molecule has 0 unspecified atom stereocenters. The summed E-state index contributed by atoms with van der Waals surface area (Å²) in [6.07, 6.45) is 3.56. The Morgan fingerprint density at radius 2 is 2.38 bits per heavy atom. The van der Waals surface area contributed by atoms with Crippen LogP contribution in [0.4, 0.5) is 0 Å². The molecule has 0 aromatic heterocycles. The number of nitrogens with one attached hydrogen (secondary N) is 1. The highest BCUT2D eigenvalue weighted by Crippen LogP contribution is 2.41. The number of hydrogen-bond donors (Lipinski definition) is 1. The third-order valence-electron chi connectivity index (χ3n) is 2.21. The summed E-state index contributed by atoms with van der Waals surface area (Å²) in [4.78, 5) is 16.9. The summed E-state index contributed by atoms with van der Waals surface area (Å²) in [6, 6.07) is 0. The van der Waals surface area contributed by atoms with Gasteiger partial charge in [0.05, 0.1) is 12.3 Å². The molecule has 2 aliphatic rings. The van der Waals surface area contributed by atoms with Gasteiger partial charge in [-0.25, -0.2) is 0 Å². The van der Waals surface area contributed by atoms with Gasteiger partial charge in [0.2, 0.25) is 5.91 Å². The number of amides is 1. The number of hydrogen-bond acceptors (Lipinski definition) is 3. The van der Waals surface area contributed by atoms with Crippen LogP contribution >= 0.6 is 11.8 Å². The maximum atomic E-state index is 11.4. The van der Waals surface area contributed by atoms with Crippen molar-refractivity contribution in [3.63, 3.8) is 0 Å². The average molecular weight is 196 g/mol. The number of fused-ring (bicyclic) bond motifs is 1. The second kappa shape index (κ2) is 3.18. The Hall–Kier alpha value is -0.770. The molecular weight excluding hydrogens is 184 g/mol. The standard InChI is InChI=1S/C9H12N2OS/c1-5(2)7-3-6-8(12)10-4-11-9(6)13-7/h3-6,9H,1-2H3,(H,10,11,12)/t6-,9-/m0/s1. The van der Waals surface area contributed by atoms with Crippen molar-refractivity contribution in [1.82, 2.24) is 5.32 Å². The van der Waals surface area contributed by atoms with Gasteiger partial charge in [-0.15, -0.1) is 11.8 Å². The van der Waals surface area contributed by atoms with E-state index in [2.05, 4.69) is 24.2 Å². The molecule has 0 fully saturated rings. The van der Waals surface area contributed by atoms with Gasteiger partial charge in [-0.2, -0.15) is 0 Å². The van der Waals surface area contributed by atoms with Crippen LogP contribution in [0.2, 0.25) is 0 Å². The Balaban J connectivity index is 2.21. The molecule has 0 spiro atoms. The third kappa shape index (κ3) is 1.50. The lowest BCUT2D eigenvalue weighted by Gasteiger charge is -2.17. The Morgan fingerprint density at radius 3 is 3.00 bits per heavy atom. The van der Waals surface area contributed by atoms with E-state index in [9.17, 15) is 4.79 Å². The van der Waals surface area contributed by atoms with Gasteiger partial charge in [-0.1, -0.05) is 19.9 Å². The Morgan fingerprint density at radius 1 is 1.62 bits per heavy atom. The number of rotatable bonds is 1. The molecule has 70 valence electrons. The minimum atomic E-state index is -0.0487. The van der Waals surface area contributed by atoms with E-state index in [1.54, 1.807) is 11.8 Å². The van der Waals surface area contributed by atoms with Crippen LogP contribution < -0.4 is 5.32 Å². The first-order chi connectivity index (χ1) is 6.18. The highest BCUT2D eigenvalue weighted by atomic mass is 32.2. The lowest BCUT2D eigenvalue weighted by molar-refractivity contribution is -0.122. The fraction of sp³-hybridized carbons (Fsp3) is 0.556. The van der Waals surface area contributed by atoms with Crippen LogP contribution in [0.15, 0.2) is 16.0 Å². The largest absolute Gasteiger partial charge is 0.317 e. The Bertz CT molecular complexity index is 296. The molecule has 2 rings (SSSR count). The SMILES string of the molecule is CC(C)C1=C[C@H]2C(=O)NC=N[C@H]2S1. The van der Waals surface area contributed by atoms with E-state index in [1.807, 2.05) is 6.08 Å². The first-order valence-electron chi connectivity index (χ1n) is 4.39. The first kappa shape index (κ1) is 8.81. The first-order valence-corrected chi connectivity index (χ1v) is 5.27. The van der Waals surface area contributed by atoms with Crippen molar-refractivity contribution in [3.8, 4) is 0 Å². The summed E-state index contributed by atoms with van der Waals surface area (Å²) < 4.78 is 0. The minimum absolute atomic E-state index is 0.0487. The molecule has 0 bridgehead atoms. The van der Waals surface area contributed by atoms with E-state index in [1.165, 1.54) is 11.2 Å². The summed E-state index contributed by atoms with van der Waals surface area (Å²) in [5, 5.41) is 2.71. The van der Waals surface area contributed by atoms with Crippen LogP contribution in [0.3, 0.4) is 0 Å². The number of carbonyl (C=O) groups is 1. The number of aliphatic imine (C=N–C) groups is 1. The van der Waals surface area contributed by atoms with E-state index in [-0.39, 0.29) is 17.2 Å². The predicted molar refractivity (Wildman–Crippen MR) is 54.4 cm³/mol. The van der Waals surface area contributed by atoms with Gasteiger partial charge >= 0.3 is 0 Å². The van der Waals surface area contributed by atoms with E-state index in [0.29, 0.717) is 5.92 Å². The van der Waals surface area contributed by atoms with Gasteiger partial charge in [-0.3, -0.25) is 9.79 Å². The van der Waals surface area contributed by atoms with E-state index in [0.717, 1.165) is 0 Å². The van der Waals surface area contributed by atoms with E-state index >= 15 is 0 Å². The second-order valence-electron chi connectivity index (χ2n) is 3.54. The van der Waals surface area contributed by atoms with E-state index in [4.69, 9.17) is 0 Å². The van der Waals surface area contributed by atoms with Gasteiger partial charge in [0.15, 0.2) is 0 Å². The minimum Gasteiger partial charge on any atom is -0.317 e. The molecular formula is C9H12N2OS. The molecule has 0 saturated heterocycles. The zero-order valence-electron chi connectivity index (χ0n) is 7.65. The molecule has 2 atom stereocenters. The molecule has 0 aliphatic carbocycles. The second-order valence-corrected chi connectivity index (χ2v) is 4.73. The maximum absolute atomic E-state index is 11.4. The fourth-order valence-electron chi connectivity index (χ4n) is 1.44. The number of thioether (sulfide) groups is 1. The number of nitrogens with zero attached hydrogens (tertiary/aromatic N) is 1. The topological polar surface area (TPSA) is 41.5 Å². The van der Waals surface area contributed by atoms with Crippen molar-refractivity contribution < 1.29 is 4.79 Å². The predicted octanol–water partition coefficient (Wildman–Crippen LogP) is 1.37. The van der Waals surface area contributed by atoms with Gasteiger partial charge < -0.3 is 5.32 Å². The molecule has 0 aromatic carbocycles. The lowest BCUT2D eigenvalue weighted by atomic mass is 10.1. The lowest BCUT2D eigenvalue weighted by Crippen LogP contribution is -2.36. The van der Waals surface area contributed by atoms with Crippen LogP contribution in [0.25, 0.3) is 0 Å². The molecule has 4 heteroatoms. The zero-order chi connectivity index (χ0) is 9.42. The molecule has 0 radical (unpaired) electrons. The molecule has 2 aliphatic heterocycles. The normalized spacial score (nSPS) is 31.6. The van der Waals surface area contributed by atoms with Crippen LogP contribution in [-0.4, -0.2) is 17.6 Å². The molecule has 0 saturated carbocycles. The molecule has 1 N–H and O–H groups in total. The van der Waals surface area contributed by atoms with Crippen LogP contribution in [0, 0.1) is 11.8 Å². The van der Waals surface area contributed by atoms with Crippen molar-refractivity contribution in [1.29, 1.82) is 0 Å². The van der Waals surface area contributed by atoms with Gasteiger partial charge in [-0.05, 0) is 10.8 Å². The zero-order valence-corrected chi connectivity index (χ0v) is 8.47. The molecule has 0 aromatic rings. The van der Waals surface area contributed by atoms with Crippen LogP contribution in [-0.2, 0) is 4.79 Å². The quantitative estimate of drug-likeness (QED) is 0.688. The van der Waals surface area contributed by atoms with Crippen molar-refractivity contribution in [2.45, 2.75) is 19.2 Å². The van der Waals surface area contributed by atoms with E-state index < -0.39 is 0 Å². The highest BCUT2D eigenvalue weighted by molar-refractivity contribution is 8.04. The van der Waals surface area contributed by atoms with Gasteiger partial charge in [0, 0.05) is 0 Å². The Kier molecular flexibility index (Phi) is 2.15. The molecule has 2 heterocycles. The van der Waals surface area contributed by atoms with Gasteiger partial charge in [0.25, 0.3) is 0 Å². The number of allylic oxidation sites excluding steroid dienone is 1. The van der Waals surface area contributed by atoms with Crippen LogP contribution in [0.1, 0.15) is 13.8 Å². The van der Waals surface area contributed by atoms with Crippen LogP contribution in [0.5, 0.6) is 0 Å². The molecule has 13 heavy (non-hydrogen) atoms. The molecule has 3 nitrogen and oxygen atoms in total. The third-order valence-corrected chi connectivity index (χ3v) is 3.74. The van der Waals surface area contributed by atoms with Gasteiger partial charge in [0.1, 0.15) is 5.37 Å². The fourth-order valence-corrected chi connectivity index (χ4v) is 2.69. The summed E-state index contributed by atoms with van der Waals surface area (Å²) in [6.45, 7) is 4.27. The summed E-state index contributed by atoms with van der Waals surface area (Å²) in [7, 11) is 0. The smallest absolute Gasteiger partial charge is 0.235 e. The summed E-state index contributed by atoms with van der Waals surface area (Å²) >= 11 is 1.71. The Labute approximate surface area is 81.7 Å². The number of carbonyl (C=O) groups excluding carboxylic acids is 1. The highest BCUT2D eigenvalue weighted by Gasteiger charge is 2.35. The monoisotopic (exact) mass is 196 g/mol. The average Bonchev–Trinajstić information content (AvgIpc) is 2.49. The maximum Gasteiger partial charge on any atom is 0.235 e. The summed E-state index contributed by atoms with van der Waals surface area (Å²) in [5.74, 6) is 0.522. The van der Waals surface area contributed by atoms with Crippen molar-refractivity contribution in [3.05, 3.63) is 11.0 Å². The summed E-state index contributed by atoms with van der Waals surface area (Å²) in [5.41, 5.74) is 0. The van der Waals surface area contributed by atoms with Crippen molar-refractivity contribution in [2.24, 2.45) is 16.8 Å². The van der Waals surface area contributed by atoms with Crippen molar-refractivity contribution >= 4 is 24.0 Å².